The Bertz CT molecular complexity index is 808. The maximum absolute atomic E-state index is 12.6. The van der Waals surface area contributed by atoms with E-state index in [0.29, 0.717) is 5.56 Å². The molecule has 1 atom stereocenters. The molecule has 0 heterocycles. The van der Waals surface area contributed by atoms with Gasteiger partial charge in [0.25, 0.3) is 0 Å². The maximum Gasteiger partial charge on any atom is 0.328 e. The van der Waals surface area contributed by atoms with Crippen molar-refractivity contribution in [3.63, 3.8) is 0 Å². The average molecular weight is 351 g/mol. The Hall–Kier alpha value is -2.46. The zero-order valence-electron chi connectivity index (χ0n) is 12.6. The van der Waals surface area contributed by atoms with Crippen LogP contribution in [-0.4, -0.2) is 26.7 Å². The summed E-state index contributed by atoms with van der Waals surface area (Å²) >= 11 is 0. The van der Waals surface area contributed by atoms with E-state index < -0.39 is 37.8 Å². The Morgan fingerprint density at radius 1 is 1.17 bits per heavy atom. The number of anilines is 1. The van der Waals surface area contributed by atoms with Gasteiger partial charge < -0.3 is 15.2 Å². The van der Waals surface area contributed by atoms with Crippen molar-refractivity contribution in [2.24, 2.45) is 0 Å². The summed E-state index contributed by atoms with van der Waals surface area (Å²) in [6.07, 6.45) is 0. The summed E-state index contributed by atoms with van der Waals surface area (Å²) in [5, 5.41) is 19.7. The monoisotopic (exact) mass is 351 g/mol. The summed E-state index contributed by atoms with van der Waals surface area (Å²) in [4.78, 5) is 11.5. The highest BCUT2D eigenvalue weighted by atomic mass is 32.2. The zero-order chi connectivity index (χ0) is 17.7. The molecule has 9 heteroatoms. The number of carbonyl (C=O) groups is 1. The van der Waals surface area contributed by atoms with Crippen molar-refractivity contribution < 1.29 is 23.2 Å². The standard InChI is InChI=1S/C15H15N2O6S/c1-23-15(18)14(11-7-3-2-4-8-11)16-24(21,22)13-10-6-5-9-12(13)17(19)20/h2-10,14,16,19H,1H3/q-1/t14-/m0/s1. The third-order valence-corrected chi connectivity index (χ3v) is 4.67. The molecule has 0 saturated heterocycles. The van der Waals surface area contributed by atoms with Crippen molar-refractivity contribution in [2.75, 3.05) is 12.3 Å². The predicted octanol–water partition coefficient (Wildman–Crippen LogP) is 1.57. The third-order valence-electron chi connectivity index (χ3n) is 3.20. The van der Waals surface area contributed by atoms with Crippen molar-refractivity contribution in [3.8, 4) is 0 Å². The number of hydrogen-bond donors (Lipinski definition) is 2. The van der Waals surface area contributed by atoms with Crippen LogP contribution in [0.1, 0.15) is 11.6 Å². The third kappa shape index (κ3) is 3.89. The van der Waals surface area contributed by atoms with E-state index in [2.05, 4.69) is 9.46 Å². The highest BCUT2D eigenvalue weighted by Gasteiger charge is 2.29. The first-order valence-electron chi connectivity index (χ1n) is 6.77. The molecule has 0 spiro atoms. The molecule has 2 aromatic rings. The van der Waals surface area contributed by atoms with E-state index in [1.54, 1.807) is 30.3 Å². The number of sulfonamides is 1. The molecule has 2 N–H and O–H groups in total. The van der Waals surface area contributed by atoms with Crippen LogP contribution >= 0.6 is 0 Å². The number of esters is 1. The van der Waals surface area contributed by atoms with E-state index in [-0.39, 0.29) is 0 Å². The number of nitrogens with one attached hydrogen (secondary N) is 1. The van der Waals surface area contributed by atoms with Crippen LogP contribution in [-0.2, 0) is 19.6 Å². The lowest BCUT2D eigenvalue weighted by molar-refractivity contribution is -0.142. The lowest BCUT2D eigenvalue weighted by Crippen LogP contribution is -2.35. The molecule has 0 radical (unpaired) electrons. The van der Waals surface area contributed by atoms with Gasteiger partial charge in [-0.3, -0.25) is 5.21 Å². The van der Waals surface area contributed by atoms with Crippen LogP contribution in [0.4, 0.5) is 5.69 Å². The van der Waals surface area contributed by atoms with Gasteiger partial charge in [0.1, 0.15) is 10.9 Å². The Kier molecular flexibility index (Phi) is 5.52. The van der Waals surface area contributed by atoms with E-state index in [1.165, 1.54) is 12.1 Å². The van der Waals surface area contributed by atoms with Crippen LogP contribution in [0.2, 0.25) is 0 Å². The minimum Gasteiger partial charge on any atom is -0.733 e. The molecule has 8 nitrogen and oxygen atoms in total. The second kappa shape index (κ2) is 7.41. The Labute approximate surface area is 138 Å². The number of methoxy groups -OCH3 is 1. The van der Waals surface area contributed by atoms with Crippen LogP contribution in [0.3, 0.4) is 0 Å². The molecule has 0 fully saturated rings. The molecule has 2 aromatic carbocycles. The fourth-order valence-corrected chi connectivity index (χ4v) is 3.43. The highest BCUT2D eigenvalue weighted by Crippen LogP contribution is 2.25. The number of nitrogens with zero attached hydrogens (tertiary/aromatic N) is 1. The van der Waals surface area contributed by atoms with E-state index in [9.17, 15) is 18.4 Å². The molecule has 24 heavy (non-hydrogen) atoms. The Balaban J connectivity index is 2.44. The second-order valence-corrected chi connectivity index (χ2v) is 6.41. The number of carbonyl (C=O) groups excluding carboxylic acids is 1. The largest absolute Gasteiger partial charge is 0.733 e. The molecule has 0 aliphatic carbocycles. The van der Waals surface area contributed by atoms with Crippen molar-refractivity contribution in [1.29, 1.82) is 0 Å². The number of ether oxygens (including phenoxy) is 1. The Morgan fingerprint density at radius 3 is 2.33 bits per heavy atom. The maximum atomic E-state index is 12.6. The van der Waals surface area contributed by atoms with E-state index >= 15 is 0 Å². The van der Waals surface area contributed by atoms with Crippen molar-refractivity contribution in [3.05, 3.63) is 65.4 Å². The molecule has 0 aliphatic heterocycles. The molecule has 2 rings (SSSR count). The van der Waals surface area contributed by atoms with Crippen LogP contribution < -0.4 is 9.95 Å². The summed E-state index contributed by atoms with van der Waals surface area (Å²) in [6.45, 7) is 0. The lowest BCUT2D eigenvalue weighted by atomic mass is 10.1. The van der Waals surface area contributed by atoms with Gasteiger partial charge in [-0.25, -0.2) is 13.2 Å². The first kappa shape index (κ1) is 17.9. The van der Waals surface area contributed by atoms with Gasteiger partial charge in [-0.05, 0) is 17.7 Å². The first-order chi connectivity index (χ1) is 11.4. The Morgan fingerprint density at radius 2 is 1.75 bits per heavy atom. The fraction of sp³-hybridized carbons (Fsp3) is 0.133. The van der Waals surface area contributed by atoms with Crippen LogP contribution in [0.15, 0.2) is 59.5 Å². The van der Waals surface area contributed by atoms with Gasteiger partial charge in [0.2, 0.25) is 10.0 Å². The normalized spacial score (nSPS) is 12.5. The molecule has 0 aliphatic rings. The van der Waals surface area contributed by atoms with E-state index in [0.717, 1.165) is 19.2 Å². The van der Waals surface area contributed by atoms with Gasteiger partial charge >= 0.3 is 5.97 Å². The quantitative estimate of drug-likeness (QED) is 0.599. The molecule has 0 aromatic heterocycles. The summed E-state index contributed by atoms with van der Waals surface area (Å²) < 4.78 is 32.0. The van der Waals surface area contributed by atoms with Crippen LogP contribution in [0.5, 0.6) is 0 Å². The van der Waals surface area contributed by atoms with Crippen LogP contribution in [0.25, 0.3) is 0 Å². The summed E-state index contributed by atoms with van der Waals surface area (Å²) in [5.41, 5.74) is -0.102. The first-order valence-corrected chi connectivity index (χ1v) is 8.25. The van der Waals surface area contributed by atoms with Gasteiger partial charge in [0.15, 0.2) is 0 Å². The minimum atomic E-state index is -4.29. The zero-order valence-corrected chi connectivity index (χ0v) is 13.4. The average Bonchev–Trinajstić information content (AvgIpc) is 2.59. The minimum absolute atomic E-state index is 0.369. The predicted molar refractivity (Wildman–Crippen MR) is 85.6 cm³/mol. The molecular formula is C15H15N2O6S-. The number of hydrogen-bond acceptors (Lipinski definition) is 7. The second-order valence-electron chi connectivity index (χ2n) is 4.73. The van der Waals surface area contributed by atoms with Gasteiger partial charge in [-0.15, -0.1) is 0 Å². The molecule has 0 unspecified atom stereocenters. The topological polar surface area (TPSA) is 119 Å². The summed E-state index contributed by atoms with van der Waals surface area (Å²) in [7, 11) is -3.16. The highest BCUT2D eigenvalue weighted by molar-refractivity contribution is 7.89. The van der Waals surface area contributed by atoms with Gasteiger partial charge in [0.05, 0.1) is 12.8 Å². The van der Waals surface area contributed by atoms with Gasteiger partial charge in [-0.2, -0.15) is 4.72 Å². The molecule has 0 saturated carbocycles. The van der Waals surface area contributed by atoms with Crippen molar-refractivity contribution >= 4 is 21.7 Å². The molecule has 128 valence electrons. The molecular weight excluding hydrogens is 336 g/mol. The number of para-hydroxylation sites is 1. The molecule has 0 bridgehead atoms. The van der Waals surface area contributed by atoms with Gasteiger partial charge in [0, 0.05) is 0 Å². The number of rotatable bonds is 6. The van der Waals surface area contributed by atoms with E-state index in [4.69, 9.17) is 5.21 Å². The van der Waals surface area contributed by atoms with Crippen molar-refractivity contribution in [2.45, 2.75) is 10.9 Å². The molecule has 0 amide bonds. The van der Waals surface area contributed by atoms with Gasteiger partial charge in [-0.1, -0.05) is 42.5 Å². The lowest BCUT2D eigenvalue weighted by Gasteiger charge is -2.25. The summed E-state index contributed by atoms with van der Waals surface area (Å²) in [5.74, 6) is -0.815. The fourth-order valence-electron chi connectivity index (χ4n) is 2.08. The SMILES string of the molecule is COC(=O)[C@@H](NS(=O)(=O)c1ccccc1N([O-])O)c1ccccc1. The van der Waals surface area contributed by atoms with Crippen LogP contribution in [0, 0.1) is 5.21 Å². The van der Waals surface area contributed by atoms with Crippen molar-refractivity contribution in [1.82, 2.24) is 4.72 Å². The summed E-state index contributed by atoms with van der Waals surface area (Å²) in [6, 6.07) is 11.9. The number of benzene rings is 2. The van der Waals surface area contributed by atoms with E-state index in [1.807, 2.05) is 0 Å². The smallest absolute Gasteiger partial charge is 0.328 e.